The lowest BCUT2D eigenvalue weighted by Crippen LogP contribution is -2.31. The van der Waals surface area contributed by atoms with Crippen LogP contribution in [0.25, 0.3) is 0 Å². The predicted octanol–water partition coefficient (Wildman–Crippen LogP) is 2.18. The number of hydrogen-bond donors (Lipinski definition) is 1. The van der Waals surface area contributed by atoms with Gasteiger partial charge in [0.25, 0.3) is 0 Å². The average molecular weight is 275 g/mol. The van der Waals surface area contributed by atoms with Crippen molar-refractivity contribution in [3.05, 3.63) is 29.3 Å². The molecule has 2 unspecified atom stereocenters. The van der Waals surface area contributed by atoms with E-state index in [1.54, 1.807) is 6.92 Å². The minimum absolute atomic E-state index is 0.209. The van der Waals surface area contributed by atoms with Gasteiger partial charge in [-0.25, -0.2) is 17.2 Å². The van der Waals surface area contributed by atoms with Crippen molar-refractivity contribution in [2.24, 2.45) is 0 Å². The van der Waals surface area contributed by atoms with Crippen LogP contribution in [0.4, 0.5) is 8.78 Å². The molecule has 1 N–H and O–H groups in total. The van der Waals surface area contributed by atoms with E-state index in [4.69, 9.17) is 0 Å². The Morgan fingerprint density at radius 2 is 1.94 bits per heavy atom. The lowest BCUT2D eigenvalue weighted by atomic mass is 10.0. The molecule has 0 saturated heterocycles. The zero-order valence-corrected chi connectivity index (χ0v) is 11.0. The molecule has 0 spiro atoms. The van der Waals surface area contributed by atoms with E-state index in [9.17, 15) is 17.2 Å². The minimum Gasteiger partial charge on any atom is -0.309 e. The van der Waals surface area contributed by atoms with E-state index in [1.807, 2.05) is 6.92 Å². The SMILES string of the molecule is CCNC1c2cc(F)cc(F)c2S(=O)(=O)C1CC. The Hall–Kier alpha value is -1.01. The summed E-state index contributed by atoms with van der Waals surface area (Å²) in [6, 6.07) is 1.20. The van der Waals surface area contributed by atoms with Crippen LogP contribution in [0.1, 0.15) is 31.9 Å². The third kappa shape index (κ3) is 1.83. The Bertz CT molecular complexity index is 572. The van der Waals surface area contributed by atoms with Crippen molar-refractivity contribution in [3.8, 4) is 0 Å². The Labute approximate surface area is 105 Å². The molecule has 0 aromatic heterocycles. The van der Waals surface area contributed by atoms with Crippen molar-refractivity contribution in [3.63, 3.8) is 0 Å². The van der Waals surface area contributed by atoms with Crippen LogP contribution < -0.4 is 5.32 Å². The number of halogens is 2. The highest BCUT2D eigenvalue weighted by molar-refractivity contribution is 7.92. The van der Waals surface area contributed by atoms with Gasteiger partial charge in [0.1, 0.15) is 16.5 Å². The van der Waals surface area contributed by atoms with Crippen LogP contribution in [-0.2, 0) is 9.84 Å². The highest BCUT2D eigenvalue weighted by Crippen LogP contribution is 2.42. The quantitative estimate of drug-likeness (QED) is 0.860. The number of sulfone groups is 1. The molecule has 0 aliphatic carbocycles. The molecular formula is C12H15F2NO2S. The molecule has 0 radical (unpaired) electrons. The Morgan fingerprint density at radius 1 is 1.28 bits per heavy atom. The molecule has 0 amide bonds. The molecule has 0 fully saturated rings. The fourth-order valence-electron chi connectivity index (χ4n) is 2.56. The van der Waals surface area contributed by atoms with Crippen molar-refractivity contribution in [1.29, 1.82) is 0 Å². The summed E-state index contributed by atoms with van der Waals surface area (Å²) < 4.78 is 51.4. The summed E-state index contributed by atoms with van der Waals surface area (Å²) in [5.74, 6) is -1.75. The first kappa shape index (κ1) is 13.4. The van der Waals surface area contributed by atoms with Crippen LogP contribution in [0, 0.1) is 11.6 Å². The molecule has 0 bridgehead atoms. The van der Waals surface area contributed by atoms with Crippen LogP contribution in [0.15, 0.2) is 17.0 Å². The van der Waals surface area contributed by atoms with Crippen LogP contribution in [0.2, 0.25) is 0 Å². The van der Waals surface area contributed by atoms with E-state index in [2.05, 4.69) is 5.32 Å². The van der Waals surface area contributed by atoms with Crippen molar-refractivity contribution >= 4 is 9.84 Å². The van der Waals surface area contributed by atoms with Gasteiger partial charge in [-0.15, -0.1) is 0 Å². The van der Waals surface area contributed by atoms with Crippen molar-refractivity contribution < 1.29 is 17.2 Å². The van der Waals surface area contributed by atoms with Gasteiger partial charge in [0.15, 0.2) is 9.84 Å². The maximum atomic E-state index is 13.7. The molecular weight excluding hydrogens is 260 g/mol. The molecule has 18 heavy (non-hydrogen) atoms. The number of rotatable bonds is 3. The molecule has 6 heteroatoms. The van der Waals surface area contributed by atoms with E-state index in [0.717, 1.165) is 6.07 Å². The minimum atomic E-state index is -3.72. The van der Waals surface area contributed by atoms with Gasteiger partial charge in [0, 0.05) is 6.07 Å². The summed E-state index contributed by atoms with van der Waals surface area (Å²) in [5.41, 5.74) is 0.209. The summed E-state index contributed by atoms with van der Waals surface area (Å²) in [6.07, 6.45) is 0.357. The molecule has 1 aliphatic rings. The first-order valence-electron chi connectivity index (χ1n) is 5.89. The second-order valence-corrected chi connectivity index (χ2v) is 6.44. The molecule has 1 aromatic carbocycles. The van der Waals surface area contributed by atoms with Gasteiger partial charge in [0.05, 0.1) is 11.3 Å². The third-order valence-corrected chi connectivity index (χ3v) is 5.66. The second-order valence-electron chi connectivity index (χ2n) is 4.33. The summed E-state index contributed by atoms with van der Waals surface area (Å²) in [4.78, 5) is -0.346. The van der Waals surface area contributed by atoms with E-state index >= 15 is 0 Å². The lowest BCUT2D eigenvalue weighted by Gasteiger charge is -2.18. The fraction of sp³-hybridized carbons (Fsp3) is 0.500. The molecule has 1 aromatic rings. The standard InChI is InChI=1S/C12H15F2NO2S/c1-3-10-11(15-4-2)8-5-7(13)6-9(14)12(8)18(10,16)17/h5-6,10-11,15H,3-4H2,1-2H3. The van der Waals surface area contributed by atoms with Crippen LogP contribution >= 0.6 is 0 Å². The number of nitrogens with one attached hydrogen (secondary N) is 1. The molecule has 2 atom stereocenters. The van der Waals surface area contributed by atoms with Gasteiger partial charge in [-0.3, -0.25) is 0 Å². The molecule has 1 aliphatic heterocycles. The average Bonchev–Trinajstić information content (AvgIpc) is 2.47. The number of fused-ring (bicyclic) bond motifs is 1. The van der Waals surface area contributed by atoms with E-state index < -0.39 is 32.8 Å². The van der Waals surface area contributed by atoms with Crippen LogP contribution in [-0.4, -0.2) is 20.2 Å². The normalized spacial score (nSPS) is 25.1. The zero-order valence-electron chi connectivity index (χ0n) is 10.2. The largest absolute Gasteiger partial charge is 0.309 e. The Morgan fingerprint density at radius 3 is 2.50 bits per heavy atom. The third-order valence-electron chi connectivity index (χ3n) is 3.25. The van der Waals surface area contributed by atoms with Gasteiger partial charge >= 0.3 is 0 Å². The van der Waals surface area contributed by atoms with Crippen molar-refractivity contribution in [2.75, 3.05) is 6.54 Å². The maximum Gasteiger partial charge on any atom is 0.186 e. The van der Waals surface area contributed by atoms with Gasteiger partial charge in [-0.2, -0.15) is 0 Å². The second kappa shape index (κ2) is 4.59. The topological polar surface area (TPSA) is 46.2 Å². The van der Waals surface area contributed by atoms with Crippen LogP contribution in [0.3, 0.4) is 0 Å². The molecule has 1 heterocycles. The summed E-state index contributed by atoms with van der Waals surface area (Å²) in [7, 11) is -3.72. The Balaban J connectivity index is 2.69. The van der Waals surface area contributed by atoms with Gasteiger partial charge in [-0.05, 0) is 24.6 Å². The zero-order chi connectivity index (χ0) is 13.5. The fourth-order valence-corrected chi connectivity index (χ4v) is 4.75. The highest BCUT2D eigenvalue weighted by atomic mass is 32.2. The van der Waals surface area contributed by atoms with Gasteiger partial charge in [0.2, 0.25) is 0 Å². The summed E-state index contributed by atoms with van der Waals surface area (Å²) in [6.45, 7) is 4.09. The van der Waals surface area contributed by atoms with Crippen molar-refractivity contribution in [2.45, 2.75) is 36.5 Å². The molecule has 100 valence electrons. The predicted molar refractivity (Wildman–Crippen MR) is 64.0 cm³/mol. The number of hydrogen-bond acceptors (Lipinski definition) is 3. The van der Waals surface area contributed by atoms with E-state index in [0.29, 0.717) is 19.0 Å². The summed E-state index contributed by atoms with van der Waals surface area (Å²) >= 11 is 0. The Kier molecular flexibility index (Phi) is 3.42. The number of benzene rings is 1. The highest BCUT2D eigenvalue weighted by Gasteiger charge is 2.45. The molecule has 3 nitrogen and oxygen atoms in total. The van der Waals surface area contributed by atoms with E-state index in [-0.39, 0.29) is 10.5 Å². The summed E-state index contributed by atoms with van der Waals surface area (Å²) in [5, 5.41) is 2.27. The first-order chi connectivity index (χ1) is 8.43. The molecule has 0 saturated carbocycles. The molecule has 2 rings (SSSR count). The van der Waals surface area contributed by atoms with Crippen LogP contribution in [0.5, 0.6) is 0 Å². The van der Waals surface area contributed by atoms with E-state index in [1.165, 1.54) is 0 Å². The first-order valence-corrected chi connectivity index (χ1v) is 7.44. The smallest absolute Gasteiger partial charge is 0.186 e. The maximum absolute atomic E-state index is 13.7. The van der Waals surface area contributed by atoms with Crippen molar-refractivity contribution in [1.82, 2.24) is 5.32 Å². The van der Waals surface area contributed by atoms with Gasteiger partial charge < -0.3 is 5.32 Å². The lowest BCUT2D eigenvalue weighted by molar-refractivity contribution is 0.500. The van der Waals surface area contributed by atoms with Gasteiger partial charge in [-0.1, -0.05) is 13.8 Å². The monoisotopic (exact) mass is 275 g/mol.